The van der Waals surface area contributed by atoms with E-state index < -0.39 is 0 Å². The van der Waals surface area contributed by atoms with Gasteiger partial charge in [-0.25, -0.2) is 0 Å². The third-order valence-corrected chi connectivity index (χ3v) is 3.53. The van der Waals surface area contributed by atoms with E-state index in [0.29, 0.717) is 11.6 Å². The summed E-state index contributed by atoms with van der Waals surface area (Å²) < 4.78 is 5.97. The predicted octanol–water partition coefficient (Wildman–Crippen LogP) is 4.52. The summed E-state index contributed by atoms with van der Waals surface area (Å²) in [5, 5.41) is 1.78. The highest BCUT2D eigenvalue weighted by atomic mass is 35.5. The summed E-state index contributed by atoms with van der Waals surface area (Å²) in [5.41, 5.74) is 9.81. The van der Waals surface area contributed by atoms with E-state index in [1.807, 2.05) is 49.4 Å². The SMILES string of the molecule is Cc1cccc2cc(-c3cc(Cl)ccc3CN)oc12. The highest BCUT2D eigenvalue weighted by Crippen LogP contribution is 2.33. The zero-order valence-electron chi connectivity index (χ0n) is 10.6. The van der Waals surface area contributed by atoms with Gasteiger partial charge in [0, 0.05) is 22.5 Å². The number of rotatable bonds is 2. The Bertz CT molecular complexity index is 746. The molecular formula is C16H14ClNO. The molecule has 0 aliphatic rings. The monoisotopic (exact) mass is 271 g/mol. The molecule has 3 rings (SSSR count). The number of hydrogen-bond acceptors (Lipinski definition) is 2. The van der Waals surface area contributed by atoms with Gasteiger partial charge in [-0.05, 0) is 36.2 Å². The summed E-state index contributed by atoms with van der Waals surface area (Å²) in [5.74, 6) is 0.812. The van der Waals surface area contributed by atoms with Gasteiger partial charge in [0.05, 0.1) is 0 Å². The van der Waals surface area contributed by atoms with Crippen LogP contribution in [0.4, 0.5) is 0 Å². The van der Waals surface area contributed by atoms with Gasteiger partial charge < -0.3 is 10.2 Å². The summed E-state index contributed by atoms with van der Waals surface area (Å²) in [4.78, 5) is 0. The number of furan rings is 1. The molecule has 0 unspecified atom stereocenters. The first-order valence-corrected chi connectivity index (χ1v) is 6.55. The van der Waals surface area contributed by atoms with E-state index in [1.165, 1.54) is 0 Å². The van der Waals surface area contributed by atoms with Gasteiger partial charge in [-0.15, -0.1) is 0 Å². The van der Waals surface area contributed by atoms with Crippen LogP contribution in [0.25, 0.3) is 22.3 Å². The first-order valence-electron chi connectivity index (χ1n) is 6.17. The molecule has 0 atom stereocenters. The number of hydrogen-bond donors (Lipinski definition) is 1. The van der Waals surface area contributed by atoms with Crippen molar-refractivity contribution >= 4 is 22.6 Å². The fraction of sp³-hybridized carbons (Fsp3) is 0.125. The van der Waals surface area contributed by atoms with Crippen LogP contribution in [0.15, 0.2) is 46.9 Å². The molecule has 2 N–H and O–H groups in total. The van der Waals surface area contributed by atoms with Crippen LogP contribution in [-0.2, 0) is 6.54 Å². The predicted molar refractivity (Wildman–Crippen MR) is 79.3 cm³/mol. The largest absolute Gasteiger partial charge is 0.456 e. The van der Waals surface area contributed by atoms with E-state index in [1.54, 1.807) is 0 Å². The molecule has 2 aromatic carbocycles. The first-order chi connectivity index (χ1) is 9.19. The van der Waals surface area contributed by atoms with E-state index in [2.05, 4.69) is 0 Å². The zero-order chi connectivity index (χ0) is 13.4. The second-order valence-corrected chi connectivity index (χ2v) is 5.05. The molecule has 0 radical (unpaired) electrons. The Balaban J connectivity index is 2.24. The number of nitrogens with two attached hydrogens (primary N) is 1. The Labute approximate surface area is 116 Å². The maximum atomic E-state index is 6.07. The van der Waals surface area contributed by atoms with Gasteiger partial charge in [0.25, 0.3) is 0 Å². The second kappa shape index (κ2) is 4.72. The normalized spacial score (nSPS) is 11.1. The second-order valence-electron chi connectivity index (χ2n) is 4.61. The standard InChI is InChI=1S/C16H14ClNO/c1-10-3-2-4-11-7-15(19-16(10)11)14-8-13(17)6-5-12(14)9-18/h2-8H,9,18H2,1H3. The van der Waals surface area contributed by atoms with Crippen LogP contribution in [0.1, 0.15) is 11.1 Å². The van der Waals surface area contributed by atoms with Crippen LogP contribution in [0.5, 0.6) is 0 Å². The van der Waals surface area contributed by atoms with Gasteiger partial charge in [-0.3, -0.25) is 0 Å². The fourth-order valence-corrected chi connectivity index (χ4v) is 2.47. The van der Waals surface area contributed by atoms with Crippen molar-refractivity contribution in [2.24, 2.45) is 5.73 Å². The van der Waals surface area contributed by atoms with Crippen LogP contribution in [0, 0.1) is 6.92 Å². The molecule has 3 aromatic rings. The number of halogens is 1. The Hall–Kier alpha value is -1.77. The molecule has 3 heteroatoms. The summed E-state index contributed by atoms with van der Waals surface area (Å²) in [7, 11) is 0. The van der Waals surface area contributed by atoms with Crippen molar-refractivity contribution in [2.75, 3.05) is 0 Å². The number of benzene rings is 2. The smallest absolute Gasteiger partial charge is 0.137 e. The minimum absolute atomic E-state index is 0.461. The van der Waals surface area contributed by atoms with Gasteiger partial charge in [0.2, 0.25) is 0 Å². The van der Waals surface area contributed by atoms with Crippen molar-refractivity contribution in [3.8, 4) is 11.3 Å². The quantitative estimate of drug-likeness (QED) is 0.744. The maximum Gasteiger partial charge on any atom is 0.137 e. The number of aryl methyl sites for hydroxylation is 1. The summed E-state index contributed by atoms with van der Waals surface area (Å²) in [6.07, 6.45) is 0. The third-order valence-electron chi connectivity index (χ3n) is 3.30. The molecule has 1 aromatic heterocycles. The highest BCUT2D eigenvalue weighted by molar-refractivity contribution is 6.30. The highest BCUT2D eigenvalue weighted by Gasteiger charge is 2.11. The lowest BCUT2D eigenvalue weighted by atomic mass is 10.1. The molecular weight excluding hydrogens is 258 g/mol. The number of fused-ring (bicyclic) bond motifs is 1. The lowest BCUT2D eigenvalue weighted by Crippen LogP contribution is -1.98. The average Bonchev–Trinajstić information content (AvgIpc) is 2.84. The van der Waals surface area contributed by atoms with Gasteiger partial charge in [0.15, 0.2) is 0 Å². The van der Waals surface area contributed by atoms with E-state index in [0.717, 1.165) is 33.4 Å². The molecule has 0 amide bonds. The molecule has 19 heavy (non-hydrogen) atoms. The van der Waals surface area contributed by atoms with Gasteiger partial charge in [0.1, 0.15) is 11.3 Å². The van der Waals surface area contributed by atoms with Crippen LogP contribution >= 0.6 is 11.6 Å². The van der Waals surface area contributed by atoms with Gasteiger partial charge >= 0.3 is 0 Å². The van der Waals surface area contributed by atoms with Crippen molar-refractivity contribution in [2.45, 2.75) is 13.5 Å². The van der Waals surface area contributed by atoms with Crippen LogP contribution in [-0.4, -0.2) is 0 Å². The molecule has 0 saturated carbocycles. The minimum atomic E-state index is 0.461. The lowest BCUT2D eigenvalue weighted by Gasteiger charge is -2.05. The van der Waals surface area contributed by atoms with E-state index in [-0.39, 0.29) is 0 Å². The Morgan fingerprint density at radius 2 is 2.00 bits per heavy atom. The zero-order valence-corrected chi connectivity index (χ0v) is 11.4. The lowest BCUT2D eigenvalue weighted by molar-refractivity contribution is 0.628. The fourth-order valence-electron chi connectivity index (χ4n) is 2.30. The molecule has 0 saturated heterocycles. The number of para-hydroxylation sites is 1. The first kappa shape index (κ1) is 12.3. The molecule has 0 aliphatic carbocycles. The van der Waals surface area contributed by atoms with Gasteiger partial charge in [-0.2, -0.15) is 0 Å². The summed E-state index contributed by atoms with van der Waals surface area (Å²) in [6, 6.07) is 13.8. The third kappa shape index (κ3) is 2.14. The molecule has 0 aliphatic heterocycles. The van der Waals surface area contributed by atoms with E-state index >= 15 is 0 Å². The van der Waals surface area contributed by atoms with Crippen molar-refractivity contribution < 1.29 is 4.42 Å². The topological polar surface area (TPSA) is 39.2 Å². The Morgan fingerprint density at radius 3 is 2.74 bits per heavy atom. The molecule has 96 valence electrons. The summed E-state index contributed by atoms with van der Waals surface area (Å²) in [6.45, 7) is 2.50. The van der Waals surface area contributed by atoms with Gasteiger partial charge in [-0.1, -0.05) is 35.9 Å². The van der Waals surface area contributed by atoms with Crippen LogP contribution in [0.2, 0.25) is 5.02 Å². The van der Waals surface area contributed by atoms with E-state index in [9.17, 15) is 0 Å². The maximum absolute atomic E-state index is 6.07. The van der Waals surface area contributed by atoms with E-state index in [4.69, 9.17) is 21.8 Å². The van der Waals surface area contributed by atoms with Crippen LogP contribution in [0.3, 0.4) is 0 Å². The molecule has 1 heterocycles. The van der Waals surface area contributed by atoms with Crippen LogP contribution < -0.4 is 5.73 Å². The molecule has 0 bridgehead atoms. The van der Waals surface area contributed by atoms with Crippen molar-refractivity contribution in [1.82, 2.24) is 0 Å². The van der Waals surface area contributed by atoms with Crippen molar-refractivity contribution in [3.63, 3.8) is 0 Å². The Morgan fingerprint density at radius 1 is 1.16 bits per heavy atom. The van der Waals surface area contributed by atoms with Crippen molar-refractivity contribution in [1.29, 1.82) is 0 Å². The minimum Gasteiger partial charge on any atom is -0.456 e. The van der Waals surface area contributed by atoms with Crippen molar-refractivity contribution in [3.05, 3.63) is 58.6 Å². The molecule has 0 spiro atoms. The molecule has 2 nitrogen and oxygen atoms in total. The summed E-state index contributed by atoms with van der Waals surface area (Å²) >= 11 is 6.07. The Kier molecular flexibility index (Phi) is 3.05. The average molecular weight is 272 g/mol. The molecule has 0 fully saturated rings.